The average molecular weight is 449 g/mol. The second kappa shape index (κ2) is 9.69. The largest absolute Gasteiger partial charge is 0.489 e. The zero-order valence-corrected chi connectivity index (χ0v) is 18.9. The molecule has 2 aliphatic rings. The normalized spacial score (nSPS) is 21.6. The molecule has 2 atom stereocenters. The number of carbonyl (C=O) groups excluding carboxylic acids is 1. The van der Waals surface area contributed by atoms with Gasteiger partial charge in [-0.05, 0) is 55.3 Å². The van der Waals surface area contributed by atoms with Crippen molar-refractivity contribution in [3.63, 3.8) is 0 Å². The third-order valence-electron chi connectivity index (χ3n) is 6.08. The summed E-state index contributed by atoms with van der Waals surface area (Å²) in [7, 11) is 0. The van der Waals surface area contributed by atoms with E-state index < -0.39 is 6.10 Å². The van der Waals surface area contributed by atoms with Crippen LogP contribution in [0.3, 0.4) is 0 Å². The van der Waals surface area contributed by atoms with Gasteiger partial charge in [0.2, 0.25) is 5.91 Å². The molecule has 0 radical (unpaired) electrons. The molecule has 2 aliphatic heterocycles. The fourth-order valence-corrected chi connectivity index (χ4v) is 5.45. The van der Waals surface area contributed by atoms with Gasteiger partial charge >= 0.3 is 0 Å². The second-order valence-corrected chi connectivity index (χ2v) is 9.76. The summed E-state index contributed by atoms with van der Waals surface area (Å²) in [6.45, 7) is 5.74. The lowest BCUT2D eigenvalue weighted by molar-refractivity contribution is -0.133. The van der Waals surface area contributed by atoms with Crippen LogP contribution in [-0.2, 0) is 11.3 Å². The average Bonchev–Trinajstić information content (AvgIpc) is 3.23. The molecule has 1 amide bonds. The first-order chi connectivity index (χ1) is 14.5. The van der Waals surface area contributed by atoms with Crippen LogP contribution >= 0.6 is 22.9 Å². The molecule has 0 saturated carbocycles. The minimum Gasteiger partial charge on any atom is -0.489 e. The van der Waals surface area contributed by atoms with Crippen molar-refractivity contribution in [2.75, 3.05) is 26.2 Å². The number of fused-ring (bicyclic) bond motifs is 1. The quantitative estimate of drug-likeness (QED) is 0.738. The van der Waals surface area contributed by atoms with Gasteiger partial charge in [0.1, 0.15) is 11.9 Å². The van der Waals surface area contributed by atoms with Gasteiger partial charge in [0, 0.05) is 54.6 Å². The van der Waals surface area contributed by atoms with Crippen molar-refractivity contribution in [2.45, 2.75) is 44.9 Å². The lowest BCUT2D eigenvalue weighted by atomic mass is 9.90. The number of hydrogen-bond donors (Lipinski definition) is 1. The fraction of sp³-hybridized carbons (Fsp3) is 0.522. The molecular weight excluding hydrogens is 420 g/mol. The van der Waals surface area contributed by atoms with E-state index in [0.717, 1.165) is 55.2 Å². The van der Waals surface area contributed by atoms with Crippen LogP contribution in [0.5, 0.6) is 5.75 Å². The first kappa shape index (κ1) is 21.6. The zero-order valence-electron chi connectivity index (χ0n) is 17.3. The van der Waals surface area contributed by atoms with Crippen molar-refractivity contribution >= 4 is 28.8 Å². The van der Waals surface area contributed by atoms with E-state index >= 15 is 0 Å². The number of piperidine rings is 1. The molecule has 4 rings (SSSR count). The maximum Gasteiger partial charge on any atom is 0.223 e. The number of hydrogen-bond acceptors (Lipinski definition) is 5. The number of benzene rings is 1. The number of thiophene rings is 1. The smallest absolute Gasteiger partial charge is 0.223 e. The van der Waals surface area contributed by atoms with Gasteiger partial charge in [-0.3, -0.25) is 9.69 Å². The third-order valence-corrected chi connectivity index (χ3v) is 7.25. The highest BCUT2D eigenvalue weighted by atomic mass is 35.5. The SMILES string of the molecule is C[C@H]1CN(CCC(=O)N2CCC([C@@H](O)c3cccs3)CC2)Cc2cc(Cl)ccc2O1. The van der Waals surface area contributed by atoms with E-state index in [0.29, 0.717) is 18.0 Å². The lowest BCUT2D eigenvalue weighted by Gasteiger charge is -2.34. The molecule has 0 bridgehead atoms. The van der Waals surface area contributed by atoms with Crippen LogP contribution in [0.25, 0.3) is 0 Å². The molecule has 0 spiro atoms. The molecule has 1 aromatic carbocycles. The molecule has 0 unspecified atom stereocenters. The molecule has 3 heterocycles. The van der Waals surface area contributed by atoms with Crippen LogP contribution < -0.4 is 4.74 Å². The monoisotopic (exact) mass is 448 g/mol. The molecule has 7 heteroatoms. The summed E-state index contributed by atoms with van der Waals surface area (Å²) < 4.78 is 6.01. The van der Waals surface area contributed by atoms with E-state index in [4.69, 9.17) is 16.3 Å². The number of likely N-dealkylation sites (tertiary alicyclic amines) is 1. The number of nitrogens with zero attached hydrogens (tertiary/aromatic N) is 2. The van der Waals surface area contributed by atoms with Gasteiger partial charge < -0.3 is 14.7 Å². The Kier molecular flexibility index (Phi) is 6.98. The van der Waals surface area contributed by atoms with Gasteiger partial charge in [-0.25, -0.2) is 0 Å². The molecule has 1 aromatic heterocycles. The Balaban J connectivity index is 1.27. The number of halogens is 1. The molecule has 30 heavy (non-hydrogen) atoms. The highest BCUT2D eigenvalue weighted by Gasteiger charge is 2.29. The van der Waals surface area contributed by atoms with Crippen molar-refractivity contribution < 1.29 is 14.6 Å². The number of rotatable bonds is 5. The van der Waals surface area contributed by atoms with Crippen LogP contribution in [0.2, 0.25) is 5.02 Å². The van der Waals surface area contributed by atoms with Crippen LogP contribution in [-0.4, -0.2) is 53.1 Å². The Morgan fingerprint density at radius 3 is 2.87 bits per heavy atom. The summed E-state index contributed by atoms with van der Waals surface area (Å²) in [5.41, 5.74) is 1.07. The summed E-state index contributed by atoms with van der Waals surface area (Å²) in [6.07, 6.45) is 1.86. The Morgan fingerprint density at radius 2 is 2.13 bits per heavy atom. The molecule has 0 aliphatic carbocycles. The molecule has 162 valence electrons. The zero-order chi connectivity index (χ0) is 21.1. The second-order valence-electron chi connectivity index (χ2n) is 8.34. The van der Waals surface area contributed by atoms with Gasteiger partial charge in [-0.15, -0.1) is 11.3 Å². The standard InChI is InChI=1S/C23H29ClN2O3S/c1-16-14-25(15-18-13-19(24)4-5-20(18)29-16)9-8-22(27)26-10-6-17(7-11-26)23(28)21-3-2-12-30-21/h2-5,12-13,16-17,23,28H,6-11,14-15H2,1H3/t16-,23+/m0/s1. The van der Waals surface area contributed by atoms with E-state index in [9.17, 15) is 9.90 Å². The Labute approximate surface area is 187 Å². The Morgan fingerprint density at radius 1 is 1.33 bits per heavy atom. The van der Waals surface area contributed by atoms with Gasteiger partial charge in [-0.2, -0.15) is 0 Å². The third kappa shape index (κ3) is 5.17. The predicted octanol–water partition coefficient (Wildman–Crippen LogP) is 4.35. The van der Waals surface area contributed by atoms with Crippen molar-refractivity contribution in [2.24, 2.45) is 5.92 Å². The van der Waals surface area contributed by atoms with Gasteiger partial charge in [0.25, 0.3) is 0 Å². The first-order valence-electron chi connectivity index (χ1n) is 10.7. The van der Waals surface area contributed by atoms with Crippen LogP contribution in [0, 0.1) is 5.92 Å². The Hall–Kier alpha value is -1.60. The topological polar surface area (TPSA) is 53.0 Å². The maximum absolute atomic E-state index is 12.8. The highest BCUT2D eigenvalue weighted by molar-refractivity contribution is 7.10. The predicted molar refractivity (Wildman–Crippen MR) is 120 cm³/mol. The maximum atomic E-state index is 12.8. The van der Waals surface area contributed by atoms with Crippen molar-refractivity contribution in [3.8, 4) is 5.75 Å². The molecule has 1 N–H and O–H groups in total. The van der Waals surface area contributed by atoms with Crippen LogP contribution in [0.15, 0.2) is 35.7 Å². The van der Waals surface area contributed by atoms with Crippen molar-refractivity contribution in [1.29, 1.82) is 0 Å². The van der Waals surface area contributed by atoms with Crippen LogP contribution in [0.1, 0.15) is 42.7 Å². The molecule has 2 aromatic rings. The minimum absolute atomic E-state index is 0.0667. The molecular formula is C23H29ClN2O3S. The molecule has 1 fully saturated rings. The van der Waals surface area contributed by atoms with Crippen molar-refractivity contribution in [1.82, 2.24) is 9.80 Å². The lowest BCUT2D eigenvalue weighted by Crippen LogP contribution is -2.41. The number of carbonyl (C=O) groups is 1. The first-order valence-corrected chi connectivity index (χ1v) is 11.9. The van der Waals surface area contributed by atoms with Crippen molar-refractivity contribution in [3.05, 3.63) is 51.2 Å². The number of aliphatic hydroxyl groups excluding tert-OH is 1. The van der Waals surface area contributed by atoms with Crippen LogP contribution in [0.4, 0.5) is 0 Å². The minimum atomic E-state index is -0.410. The van der Waals surface area contributed by atoms with E-state index in [1.54, 1.807) is 11.3 Å². The van der Waals surface area contributed by atoms with E-state index in [2.05, 4.69) is 11.8 Å². The Bertz CT molecular complexity index is 852. The van der Waals surface area contributed by atoms with Gasteiger partial charge in [0.15, 0.2) is 0 Å². The molecule has 1 saturated heterocycles. The van der Waals surface area contributed by atoms with E-state index in [-0.39, 0.29) is 17.9 Å². The number of amides is 1. The van der Waals surface area contributed by atoms with E-state index in [1.807, 2.05) is 40.6 Å². The summed E-state index contributed by atoms with van der Waals surface area (Å²) in [4.78, 5) is 18.1. The molecule has 5 nitrogen and oxygen atoms in total. The summed E-state index contributed by atoms with van der Waals surface area (Å²) in [5.74, 6) is 1.31. The van der Waals surface area contributed by atoms with Gasteiger partial charge in [-0.1, -0.05) is 17.7 Å². The fourth-order valence-electron chi connectivity index (χ4n) is 4.45. The number of ether oxygens (including phenoxy) is 1. The number of aliphatic hydroxyl groups is 1. The highest BCUT2D eigenvalue weighted by Crippen LogP contribution is 2.33. The summed E-state index contributed by atoms with van der Waals surface area (Å²) >= 11 is 7.76. The van der Waals surface area contributed by atoms with E-state index in [1.165, 1.54) is 0 Å². The van der Waals surface area contributed by atoms with Gasteiger partial charge in [0.05, 0.1) is 6.10 Å². The summed E-state index contributed by atoms with van der Waals surface area (Å²) in [6, 6.07) is 9.70. The summed E-state index contributed by atoms with van der Waals surface area (Å²) in [5, 5.41) is 13.3.